The largest absolute Gasteiger partial charge is 0.480 e. The van der Waals surface area contributed by atoms with Gasteiger partial charge in [-0.25, -0.2) is 9.59 Å². The number of carbonyl (C=O) groups excluding carboxylic acids is 2. The van der Waals surface area contributed by atoms with E-state index in [1.165, 1.54) is 16.7 Å². The Morgan fingerprint density at radius 1 is 1.32 bits per heavy atom. The standard InChI is InChI=1S/C11H17N3O4S/c15-9(13-7-1-2-7)3-4-12-11(18)14-6-19-5-8(14)10(16)17/h7-8H,1-6H2,(H,12,18)(H,13,15)(H,16,17). The second-order valence-corrected chi connectivity index (χ2v) is 5.65. The van der Waals surface area contributed by atoms with Gasteiger partial charge in [-0.15, -0.1) is 11.8 Å². The van der Waals surface area contributed by atoms with E-state index in [9.17, 15) is 14.4 Å². The number of carbonyl (C=O) groups is 3. The average molecular weight is 287 g/mol. The number of amides is 3. The van der Waals surface area contributed by atoms with Crippen molar-refractivity contribution in [1.82, 2.24) is 15.5 Å². The molecular formula is C11H17N3O4S. The van der Waals surface area contributed by atoms with E-state index in [1.807, 2.05) is 0 Å². The number of aliphatic carboxylic acids is 1. The van der Waals surface area contributed by atoms with Crippen LogP contribution in [0.25, 0.3) is 0 Å². The lowest BCUT2D eigenvalue weighted by atomic mass is 10.3. The summed E-state index contributed by atoms with van der Waals surface area (Å²) in [5.41, 5.74) is 0. The smallest absolute Gasteiger partial charge is 0.327 e. The molecule has 1 aliphatic carbocycles. The topological polar surface area (TPSA) is 98.7 Å². The number of rotatable bonds is 5. The molecule has 3 N–H and O–H groups in total. The van der Waals surface area contributed by atoms with Crippen LogP contribution in [0.5, 0.6) is 0 Å². The molecule has 1 saturated heterocycles. The van der Waals surface area contributed by atoms with Crippen LogP contribution >= 0.6 is 11.8 Å². The van der Waals surface area contributed by atoms with E-state index < -0.39 is 18.0 Å². The monoisotopic (exact) mass is 287 g/mol. The van der Waals surface area contributed by atoms with E-state index in [1.54, 1.807) is 0 Å². The van der Waals surface area contributed by atoms with Gasteiger partial charge in [-0.05, 0) is 12.8 Å². The number of urea groups is 1. The molecule has 2 aliphatic rings. The van der Waals surface area contributed by atoms with Crippen molar-refractivity contribution in [2.45, 2.75) is 31.3 Å². The second kappa shape index (κ2) is 6.14. The minimum absolute atomic E-state index is 0.0756. The third kappa shape index (κ3) is 4.02. The number of nitrogens with one attached hydrogen (secondary N) is 2. The zero-order chi connectivity index (χ0) is 13.8. The summed E-state index contributed by atoms with van der Waals surface area (Å²) in [6, 6.07) is -0.878. The van der Waals surface area contributed by atoms with Crippen molar-refractivity contribution >= 4 is 29.7 Å². The maximum atomic E-state index is 11.8. The van der Waals surface area contributed by atoms with Crippen molar-refractivity contribution in [3.8, 4) is 0 Å². The van der Waals surface area contributed by atoms with Crippen LogP contribution in [0.2, 0.25) is 0 Å². The summed E-state index contributed by atoms with van der Waals surface area (Å²) in [6.07, 6.45) is 2.29. The van der Waals surface area contributed by atoms with Gasteiger partial charge in [-0.1, -0.05) is 0 Å². The van der Waals surface area contributed by atoms with Gasteiger partial charge in [0.25, 0.3) is 0 Å². The number of thioether (sulfide) groups is 1. The number of hydrogen-bond acceptors (Lipinski definition) is 4. The summed E-state index contributed by atoms with van der Waals surface area (Å²) in [7, 11) is 0. The number of hydrogen-bond donors (Lipinski definition) is 3. The molecule has 2 fully saturated rings. The maximum Gasteiger partial charge on any atom is 0.327 e. The van der Waals surface area contributed by atoms with Crippen LogP contribution in [-0.2, 0) is 9.59 Å². The molecule has 0 aromatic carbocycles. The first-order valence-corrected chi connectivity index (χ1v) is 7.38. The molecule has 0 aromatic heterocycles. The molecule has 0 radical (unpaired) electrons. The molecule has 106 valence electrons. The quantitative estimate of drug-likeness (QED) is 0.652. The van der Waals surface area contributed by atoms with Crippen molar-refractivity contribution in [2.24, 2.45) is 0 Å². The summed E-state index contributed by atoms with van der Waals surface area (Å²) in [6.45, 7) is 0.227. The zero-order valence-electron chi connectivity index (χ0n) is 10.4. The molecule has 1 unspecified atom stereocenters. The normalized spacial score (nSPS) is 22.1. The van der Waals surface area contributed by atoms with Crippen LogP contribution in [0.1, 0.15) is 19.3 Å². The highest BCUT2D eigenvalue weighted by molar-refractivity contribution is 7.99. The van der Waals surface area contributed by atoms with Crippen LogP contribution in [0, 0.1) is 0 Å². The van der Waals surface area contributed by atoms with Gasteiger partial charge in [0.2, 0.25) is 5.91 Å². The Balaban J connectivity index is 1.68. The Hall–Kier alpha value is -1.44. The van der Waals surface area contributed by atoms with E-state index in [4.69, 9.17) is 5.11 Å². The zero-order valence-corrected chi connectivity index (χ0v) is 11.2. The van der Waals surface area contributed by atoms with Crippen LogP contribution in [-0.4, -0.2) is 58.2 Å². The van der Waals surface area contributed by atoms with E-state index >= 15 is 0 Å². The van der Waals surface area contributed by atoms with Gasteiger partial charge < -0.3 is 20.6 Å². The summed E-state index contributed by atoms with van der Waals surface area (Å²) >= 11 is 1.41. The van der Waals surface area contributed by atoms with E-state index in [0.717, 1.165) is 12.8 Å². The van der Waals surface area contributed by atoms with Crippen LogP contribution in [0.3, 0.4) is 0 Å². The Kier molecular flexibility index (Phi) is 4.52. The first kappa shape index (κ1) is 14.0. The van der Waals surface area contributed by atoms with Crippen molar-refractivity contribution in [3.63, 3.8) is 0 Å². The maximum absolute atomic E-state index is 11.8. The Morgan fingerprint density at radius 2 is 2.05 bits per heavy atom. The first-order chi connectivity index (χ1) is 9.08. The van der Waals surface area contributed by atoms with Crippen LogP contribution < -0.4 is 10.6 Å². The fourth-order valence-corrected chi connectivity index (χ4v) is 2.90. The van der Waals surface area contributed by atoms with Gasteiger partial charge in [-0.3, -0.25) is 4.79 Å². The van der Waals surface area contributed by atoms with Crippen molar-refractivity contribution in [3.05, 3.63) is 0 Å². The summed E-state index contributed by atoms with van der Waals surface area (Å²) < 4.78 is 0. The SMILES string of the molecule is O=C(CCNC(=O)N1CSCC1C(=O)O)NC1CC1. The number of carboxylic acids is 1. The van der Waals surface area contributed by atoms with E-state index in [-0.39, 0.29) is 18.9 Å². The molecule has 19 heavy (non-hydrogen) atoms. The molecular weight excluding hydrogens is 270 g/mol. The second-order valence-electron chi connectivity index (χ2n) is 4.65. The average Bonchev–Trinajstić information content (AvgIpc) is 3.01. The molecule has 1 saturated carbocycles. The van der Waals surface area contributed by atoms with Crippen molar-refractivity contribution < 1.29 is 19.5 Å². The Morgan fingerprint density at radius 3 is 2.68 bits per heavy atom. The summed E-state index contributed by atoms with van der Waals surface area (Å²) in [5.74, 6) is -0.290. The van der Waals surface area contributed by atoms with Gasteiger partial charge in [0, 0.05) is 24.8 Å². The lowest BCUT2D eigenvalue weighted by Gasteiger charge is -2.20. The third-order valence-electron chi connectivity index (χ3n) is 3.00. The Labute approximate surface area is 115 Å². The molecule has 7 nitrogen and oxygen atoms in total. The highest BCUT2D eigenvalue weighted by Gasteiger charge is 2.34. The minimum Gasteiger partial charge on any atom is -0.480 e. The van der Waals surface area contributed by atoms with Gasteiger partial charge in [-0.2, -0.15) is 0 Å². The van der Waals surface area contributed by atoms with Gasteiger partial charge in [0.15, 0.2) is 0 Å². The predicted octanol–water partition coefficient (Wildman–Crippen LogP) is -0.176. The predicted molar refractivity (Wildman–Crippen MR) is 69.8 cm³/mol. The molecule has 0 aromatic rings. The molecule has 1 atom stereocenters. The fourth-order valence-electron chi connectivity index (χ4n) is 1.76. The molecule has 1 heterocycles. The molecule has 0 bridgehead atoms. The summed E-state index contributed by atoms with van der Waals surface area (Å²) in [5, 5.41) is 14.4. The first-order valence-electron chi connectivity index (χ1n) is 6.22. The molecule has 2 rings (SSSR count). The van der Waals surface area contributed by atoms with Gasteiger partial charge in [0.05, 0.1) is 5.88 Å². The molecule has 0 spiro atoms. The molecule has 3 amide bonds. The third-order valence-corrected chi connectivity index (χ3v) is 4.01. The van der Waals surface area contributed by atoms with E-state index in [0.29, 0.717) is 17.7 Å². The van der Waals surface area contributed by atoms with Gasteiger partial charge >= 0.3 is 12.0 Å². The van der Waals surface area contributed by atoms with Crippen LogP contribution in [0.4, 0.5) is 4.79 Å². The fraction of sp³-hybridized carbons (Fsp3) is 0.727. The van der Waals surface area contributed by atoms with Gasteiger partial charge in [0.1, 0.15) is 6.04 Å². The molecule has 1 aliphatic heterocycles. The van der Waals surface area contributed by atoms with E-state index in [2.05, 4.69) is 10.6 Å². The van der Waals surface area contributed by atoms with Crippen molar-refractivity contribution in [2.75, 3.05) is 18.2 Å². The summed E-state index contributed by atoms with van der Waals surface area (Å²) in [4.78, 5) is 35.4. The Bertz CT molecular complexity index is 386. The lowest BCUT2D eigenvalue weighted by Crippen LogP contribution is -2.47. The van der Waals surface area contributed by atoms with Crippen molar-refractivity contribution in [1.29, 1.82) is 0 Å². The number of carboxylic acid groups (broad SMARTS) is 1. The minimum atomic E-state index is -0.994. The highest BCUT2D eigenvalue weighted by Crippen LogP contribution is 2.21. The highest BCUT2D eigenvalue weighted by atomic mass is 32.2. The molecule has 8 heteroatoms. The number of nitrogens with zero attached hydrogens (tertiary/aromatic N) is 1. The van der Waals surface area contributed by atoms with Crippen LogP contribution in [0.15, 0.2) is 0 Å². The lowest BCUT2D eigenvalue weighted by molar-refractivity contribution is -0.140.